The van der Waals surface area contributed by atoms with Crippen molar-refractivity contribution >= 4 is 51.2 Å². The Kier molecular flexibility index (Phi) is 5.95. The molecule has 1 aliphatic rings. The van der Waals surface area contributed by atoms with E-state index in [1.807, 2.05) is 0 Å². The monoisotopic (exact) mass is 408 g/mol. The van der Waals surface area contributed by atoms with E-state index in [9.17, 15) is 9.59 Å². The second kappa shape index (κ2) is 7.95. The molecule has 24 heavy (non-hydrogen) atoms. The average Bonchev–Trinajstić information content (AvgIpc) is 2.81. The Balaban J connectivity index is 2.30. The maximum Gasteiger partial charge on any atom is 0.325 e. The first-order chi connectivity index (χ1) is 11.5. The first kappa shape index (κ1) is 18.0. The molecule has 0 unspecified atom stereocenters. The summed E-state index contributed by atoms with van der Waals surface area (Å²) in [6, 6.07) is 5.31. The lowest BCUT2D eigenvalue weighted by atomic mass is 10.1. The van der Waals surface area contributed by atoms with Gasteiger partial charge in [-0.05, 0) is 36.5 Å². The summed E-state index contributed by atoms with van der Waals surface area (Å²) in [4.78, 5) is 24.9. The van der Waals surface area contributed by atoms with Gasteiger partial charge in [-0.1, -0.05) is 21.9 Å². The maximum absolute atomic E-state index is 12.4. The van der Waals surface area contributed by atoms with Crippen LogP contribution >= 0.6 is 28.1 Å². The zero-order valence-corrected chi connectivity index (χ0v) is 15.1. The number of methoxy groups -OCH3 is 1. The second-order valence-corrected chi connectivity index (χ2v) is 5.93. The van der Waals surface area contributed by atoms with Crippen molar-refractivity contribution in [3.63, 3.8) is 0 Å². The van der Waals surface area contributed by atoms with E-state index in [1.54, 1.807) is 24.3 Å². The molecule has 1 aromatic rings. The Morgan fingerprint density at radius 3 is 2.96 bits per heavy atom. The highest BCUT2D eigenvalue weighted by Gasteiger charge is 2.32. The van der Waals surface area contributed by atoms with E-state index < -0.39 is 11.9 Å². The number of thiocarbonyl (C=S) groups is 1. The topological polar surface area (TPSA) is 67.9 Å². The summed E-state index contributed by atoms with van der Waals surface area (Å²) in [6.07, 6.45) is 6.79. The Bertz CT molecular complexity index is 770. The van der Waals surface area contributed by atoms with Crippen LogP contribution < -0.4 is 10.1 Å². The smallest absolute Gasteiger partial charge is 0.325 e. The summed E-state index contributed by atoms with van der Waals surface area (Å²) in [5, 5.41) is 2.92. The predicted octanol–water partition coefficient (Wildman–Crippen LogP) is 1.69. The summed E-state index contributed by atoms with van der Waals surface area (Å²) < 4.78 is 10.8. The summed E-state index contributed by atoms with van der Waals surface area (Å²) in [5.74, 6) is 1.92. The van der Waals surface area contributed by atoms with Crippen molar-refractivity contribution in [1.82, 2.24) is 10.2 Å². The van der Waals surface area contributed by atoms with Crippen LogP contribution in [0.1, 0.15) is 5.56 Å². The minimum absolute atomic E-state index is 0.103. The molecule has 6 nitrogen and oxygen atoms in total. The van der Waals surface area contributed by atoms with E-state index in [2.05, 4.69) is 31.9 Å². The maximum atomic E-state index is 12.4. The number of hydrogen-bond acceptors (Lipinski definition) is 5. The predicted molar refractivity (Wildman–Crippen MR) is 95.9 cm³/mol. The molecule has 0 aliphatic carbocycles. The zero-order chi connectivity index (χ0) is 17.7. The number of hydrogen-bond donors (Lipinski definition) is 1. The number of amides is 1. The number of nitrogens with zero attached hydrogens (tertiary/aromatic N) is 1. The molecule has 0 bridgehead atoms. The molecule has 0 atom stereocenters. The number of benzene rings is 1. The number of terminal acetylenes is 1. The van der Waals surface area contributed by atoms with Crippen LogP contribution in [0.15, 0.2) is 28.4 Å². The molecule has 8 heteroatoms. The number of ether oxygens (including phenoxy) is 2. The molecule has 1 saturated heterocycles. The molecular formula is C16H13BrN2O4S. The number of carbonyl (C=O) groups excluding carboxylic acids is 2. The molecule has 2 rings (SSSR count). The van der Waals surface area contributed by atoms with Gasteiger partial charge in [0.05, 0.1) is 7.11 Å². The lowest BCUT2D eigenvalue weighted by Gasteiger charge is -2.11. The van der Waals surface area contributed by atoms with Crippen LogP contribution in [-0.4, -0.2) is 42.2 Å². The van der Waals surface area contributed by atoms with E-state index in [-0.39, 0.29) is 24.0 Å². The highest BCUT2D eigenvalue weighted by molar-refractivity contribution is 9.10. The van der Waals surface area contributed by atoms with Crippen LogP contribution in [0.3, 0.4) is 0 Å². The molecule has 1 heterocycles. The summed E-state index contributed by atoms with van der Waals surface area (Å²) in [6.45, 7) is -0.149. The Morgan fingerprint density at radius 2 is 2.29 bits per heavy atom. The minimum Gasteiger partial charge on any atom is -0.480 e. The van der Waals surface area contributed by atoms with Gasteiger partial charge in [0.25, 0.3) is 5.91 Å². The van der Waals surface area contributed by atoms with Crippen molar-refractivity contribution in [2.24, 2.45) is 0 Å². The quantitative estimate of drug-likeness (QED) is 0.346. The van der Waals surface area contributed by atoms with Crippen LogP contribution in [0.5, 0.6) is 5.75 Å². The van der Waals surface area contributed by atoms with Crippen molar-refractivity contribution in [2.45, 2.75) is 0 Å². The number of nitrogens with one attached hydrogen (secondary N) is 1. The molecule has 0 radical (unpaired) electrons. The van der Waals surface area contributed by atoms with Crippen LogP contribution in [0.2, 0.25) is 0 Å². The SMILES string of the molecule is C#CCOc1ccc(Br)cc1/C=C1\NC(=S)N(CC(=O)OC)C1=O. The van der Waals surface area contributed by atoms with Gasteiger partial charge in [0, 0.05) is 10.0 Å². The number of halogens is 1. The molecule has 0 aromatic heterocycles. The summed E-state index contributed by atoms with van der Waals surface area (Å²) in [5.41, 5.74) is 0.866. The van der Waals surface area contributed by atoms with Crippen LogP contribution in [0.25, 0.3) is 6.08 Å². The first-order valence-corrected chi connectivity index (χ1v) is 7.93. The van der Waals surface area contributed by atoms with Crippen molar-refractivity contribution in [3.8, 4) is 18.1 Å². The van der Waals surface area contributed by atoms with E-state index in [1.165, 1.54) is 7.11 Å². The summed E-state index contributed by atoms with van der Waals surface area (Å²) >= 11 is 8.45. The van der Waals surface area contributed by atoms with Gasteiger partial charge in [0.15, 0.2) is 5.11 Å². The molecule has 124 valence electrons. The third kappa shape index (κ3) is 4.13. The van der Waals surface area contributed by atoms with E-state index >= 15 is 0 Å². The number of carbonyl (C=O) groups is 2. The normalized spacial score (nSPS) is 15.2. The standard InChI is InChI=1S/C16H13BrN2O4S/c1-3-6-23-13-5-4-11(17)7-10(13)8-12-15(21)19(16(24)18-12)9-14(20)22-2/h1,4-5,7-8H,6,9H2,2H3,(H,18,24)/b12-8-. The molecular weight excluding hydrogens is 396 g/mol. The Hall–Kier alpha value is -2.37. The fourth-order valence-electron chi connectivity index (χ4n) is 1.95. The van der Waals surface area contributed by atoms with E-state index in [0.717, 1.165) is 9.37 Å². The van der Waals surface area contributed by atoms with Gasteiger partial charge in [0.2, 0.25) is 0 Å². The largest absolute Gasteiger partial charge is 0.480 e. The van der Waals surface area contributed by atoms with Crippen LogP contribution in [-0.2, 0) is 14.3 Å². The lowest BCUT2D eigenvalue weighted by molar-refractivity contribution is -0.143. The first-order valence-electron chi connectivity index (χ1n) is 6.73. The van der Waals surface area contributed by atoms with Gasteiger partial charge < -0.3 is 14.8 Å². The Labute approximate surface area is 152 Å². The third-order valence-corrected chi connectivity index (χ3v) is 3.88. The third-order valence-electron chi connectivity index (χ3n) is 3.06. The van der Waals surface area contributed by atoms with Crippen molar-refractivity contribution in [2.75, 3.05) is 20.3 Å². The Morgan fingerprint density at radius 1 is 1.54 bits per heavy atom. The van der Waals surface area contributed by atoms with Gasteiger partial charge in [-0.2, -0.15) is 0 Å². The summed E-state index contributed by atoms with van der Waals surface area (Å²) in [7, 11) is 1.24. The molecule has 1 aliphatic heterocycles. The molecule has 0 spiro atoms. The molecule has 1 fully saturated rings. The number of rotatable bonds is 5. The molecule has 0 saturated carbocycles. The van der Waals surface area contributed by atoms with Gasteiger partial charge >= 0.3 is 5.97 Å². The fourth-order valence-corrected chi connectivity index (χ4v) is 2.58. The van der Waals surface area contributed by atoms with Gasteiger partial charge in [-0.25, -0.2) is 0 Å². The minimum atomic E-state index is -0.561. The van der Waals surface area contributed by atoms with Gasteiger partial charge in [0.1, 0.15) is 24.6 Å². The second-order valence-electron chi connectivity index (χ2n) is 4.63. The average molecular weight is 409 g/mol. The van der Waals surface area contributed by atoms with E-state index in [4.69, 9.17) is 23.4 Å². The highest BCUT2D eigenvalue weighted by Crippen LogP contribution is 2.26. The number of esters is 1. The fraction of sp³-hybridized carbons (Fsp3) is 0.188. The van der Waals surface area contributed by atoms with Gasteiger partial charge in [-0.15, -0.1) is 6.42 Å². The van der Waals surface area contributed by atoms with Crippen LogP contribution in [0.4, 0.5) is 0 Å². The molecule has 1 N–H and O–H groups in total. The zero-order valence-electron chi connectivity index (χ0n) is 12.7. The lowest BCUT2D eigenvalue weighted by Crippen LogP contribution is -2.35. The molecule has 1 amide bonds. The van der Waals surface area contributed by atoms with E-state index in [0.29, 0.717) is 11.3 Å². The van der Waals surface area contributed by atoms with Crippen molar-refractivity contribution in [1.29, 1.82) is 0 Å². The highest BCUT2D eigenvalue weighted by atomic mass is 79.9. The van der Waals surface area contributed by atoms with Crippen molar-refractivity contribution < 1.29 is 19.1 Å². The molecule has 1 aromatic carbocycles. The van der Waals surface area contributed by atoms with Crippen molar-refractivity contribution in [3.05, 3.63) is 33.9 Å². The van der Waals surface area contributed by atoms with Gasteiger partial charge in [-0.3, -0.25) is 14.5 Å². The van der Waals surface area contributed by atoms with Crippen LogP contribution in [0, 0.1) is 12.3 Å².